The number of allylic oxidation sites excluding steroid dienone is 2. The molecule has 0 fully saturated rings. The van der Waals surface area contributed by atoms with Crippen LogP contribution in [-0.2, 0) is 0 Å². The Labute approximate surface area is 124 Å². The minimum Gasteiger partial charge on any atom is -0.349 e. The average molecular weight is 303 g/mol. The van der Waals surface area contributed by atoms with Crippen LogP contribution in [0.1, 0.15) is 19.8 Å². The van der Waals surface area contributed by atoms with Crippen molar-refractivity contribution < 1.29 is 13.2 Å². The molecule has 1 aliphatic heterocycles. The summed E-state index contributed by atoms with van der Waals surface area (Å²) in [6, 6.07) is 0. The van der Waals surface area contributed by atoms with Crippen molar-refractivity contribution in [2.45, 2.75) is 25.9 Å². The fourth-order valence-electron chi connectivity index (χ4n) is 2.11. The summed E-state index contributed by atoms with van der Waals surface area (Å²) < 4.78 is 39.4. The molecule has 0 aromatic heterocycles. The standard InChI is InChI=1S/C15H24F3N3/c1-13(7-10-19-2)8-12-21-11-6-4-3-5-9-20-14(21)15(16,17)18/h3-6,13,19H,7-12H2,1-2H3/b5-3-,6-4-,20-14?. The zero-order chi connectivity index (χ0) is 15.7. The van der Waals surface area contributed by atoms with Crippen molar-refractivity contribution in [3.63, 3.8) is 0 Å². The molecule has 1 unspecified atom stereocenters. The Morgan fingerprint density at radius 1 is 1.29 bits per heavy atom. The summed E-state index contributed by atoms with van der Waals surface area (Å²) in [6.07, 6.45) is 4.14. The van der Waals surface area contributed by atoms with E-state index in [1.807, 2.05) is 7.05 Å². The monoisotopic (exact) mass is 303 g/mol. The fourth-order valence-corrected chi connectivity index (χ4v) is 2.11. The van der Waals surface area contributed by atoms with Crippen LogP contribution in [0.3, 0.4) is 0 Å². The third kappa shape index (κ3) is 6.80. The normalized spacial score (nSPS) is 21.0. The topological polar surface area (TPSA) is 27.6 Å². The number of rotatable bonds is 6. The van der Waals surface area contributed by atoms with E-state index in [4.69, 9.17) is 0 Å². The number of nitrogens with zero attached hydrogens (tertiary/aromatic N) is 2. The Morgan fingerprint density at radius 2 is 2.00 bits per heavy atom. The van der Waals surface area contributed by atoms with Crippen molar-refractivity contribution in [3.8, 4) is 0 Å². The molecule has 0 saturated heterocycles. The summed E-state index contributed by atoms with van der Waals surface area (Å²) in [4.78, 5) is 5.05. The van der Waals surface area contributed by atoms with Crippen LogP contribution in [0.2, 0.25) is 0 Å². The van der Waals surface area contributed by atoms with Crippen molar-refractivity contribution in [3.05, 3.63) is 24.3 Å². The zero-order valence-corrected chi connectivity index (χ0v) is 12.7. The molecule has 0 amide bonds. The quantitative estimate of drug-likeness (QED) is 0.817. The minimum absolute atomic E-state index is 0.0605. The first-order valence-corrected chi connectivity index (χ1v) is 7.28. The molecule has 3 nitrogen and oxygen atoms in total. The van der Waals surface area contributed by atoms with Crippen LogP contribution >= 0.6 is 0 Å². The molecule has 1 aliphatic rings. The van der Waals surface area contributed by atoms with Crippen LogP contribution in [0, 0.1) is 5.92 Å². The first kappa shape index (κ1) is 17.8. The van der Waals surface area contributed by atoms with E-state index in [0.29, 0.717) is 12.5 Å². The molecule has 6 heteroatoms. The number of aliphatic imine (C=N–C) groups is 1. The van der Waals surface area contributed by atoms with Gasteiger partial charge in [0.05, 0.1) is 6.54 Å². The van der Waals surface area contributed by atoms with E-state index in [-0.39, 0.29) is 13.1 Å². The summed E-state index contributed by atoms with van der Waals surface area (Å²) in [5, 5.41) is 3.06. The Morgan fingerprint density at radius 3 is 2.67 bits per heavy atom. The van der Waals surface area contributed by atoms with E-state index < -0.39 is 12.0 Å². The predicted octanol–water partition coefficient (Wildman–Crippen LogP) is 3.01. The molecule has 0 bridgehead atoms. The average Bonchev–Trinajstić information content (AvgIpc) is 2.53. The van der Waals surface area contributed by atoms with Crippen LogP contribution in [0.4, 0.5) is 13.2 Å². The highest BCUT2D eigenvalue weighted by Crippen LogP contribution is 2.21. The first-order chi connectivity index (χ1) is 9.95. The second-order valence-electron chi connectivity index (χ2n) is 5.25. The van der Waals surface area contributed by atoms with Gasteiger partial charge in [0.15, 0.2) is 0 Å². The summed E-state index contributed by atoms with van der Waals surface area (Å²) in [6.45, 7) is 3.61. The van der Waals surface area contributed by atoms with E-state index in [1.54, 1.807) is 24.3 Å². The molecule has 0 spiro atoms. The van der Waals surface area contributed by atoms with Gasteiger partial charge in [0.25, 0.3) is 0 Å². The molecule has 1 N–H and O–H groups in total. The van der Waals surface area contributed by atoms with Crippen LogP contribution < -0.4 is 5.32 Å². The van der Waals surface area contributed by atoms with E-state index in [9.17, 15) is 13.2 Å². The second kappa shape index (κ2) is 8.87. The molecule has 0 aliphatic carbocycles. The number of halogens is 3. The SMILES string of the molecule is CNCCC(C)CCN1C/C=C\C=C/CN=C1C(F)(F)F. The van der Waals surface area contributed by atoms with Crippen LogP contribution in [0.15, 0.2) is 29.3 Å². The van der Waals surface area contributed by atoms with Gasteiger partial charge in [-0.25, -0.2) is 0 Å². The summed E-state index contributed by atoms with van der Waals surface area (Å²) >= 11 is 0. The van der Waals surface area contributed by atoms with Gasteiger partial charge in [0.1, 0.15) is 0 Å². The maximum absolute atomic E-state index is 13.1. The van der Waals surface area contributed by atoms with Crippen molar-refractivity contribution in [1.29, 1.82) is 0 Å². The number of hydrogen-bond acceptors (Lipinski definition) is 3. The molecule has 1 heterocycles. The Balaban J connectivity index is 2.70. The third-order valence-corrected chi connectivity index (χ3v) is 3.39. The lowest BCUT2D eigenvalue weighted by atomic mass is 10.0. The Bertz CT molecular complexity index is 386. The van der Waals surface area contributed by atoms with Gasteiger partial charge >= 0.3 is 6.18 Å². The molecule has 0 aromatic carbocycles. The van der Waals surface area contributed by atoms with Gasteiger partial charge in [-0.15, -0.1) is 0 Å². The maximum atomic E-state index is 13.1. The van der Waals surface area contributed by atoms with E-state index in [1.165, 1.54) is 4.90 Å². The molecule has 0 saturated carbocycles. The molecular weight excluding hydrogens is 279 g/mol. The third-order valence-electron chi connectivity index (χ3n) is 3.39. The highest BCUT2D eigenvalue weighted by Gasteiger charge is 2.39. The molecule has 1 atom stereocenters. The molecule has 0 radical (unpaired) electrons. The highest BCUT2D eigenvalue weighted by molar-refractivity contribution is 5.87. The summed E-state index contributed by atoms with van der Waals surface area (Å²) in [7, 11) is 1.88. The first-order valence-electron chi connectivity index (χ1n) is 7.28. The number of amidine groups is 1. The molecule has 120 valence electrons. The van der Waals surface area contributed by atoms with E-state index in [0.717, 1.165) is 19.4 Å². The summed E-state index contributed by atoms with van der Waals surface area (Å²) in [5.74, 6) is -0.388. The number of nitrogens with one attached hydrogen (secondary N) is 1. The Hall–Kier alpha value is -1.30. The van der Waals surface area contributed by atoms with Gasteiger partial charge in [-0.1, -0.05) is 31.2 Å². The largest absolute Gasteiger partial charge is 0.449 e. The van der Waals surface area contributed by atoms with E-state index in [2.05, 4.69) is 17.2 Å². The molecule has 1 rings (SSSR count). The smallest absolute Gasteiger partial charge is 0.349 e. The lowest BCUT2D eigenvalue weighted by Crippen LogP contribution is -2.42. The molecule has 0 aromatic rings. The van der Waals surface area contributed by atoms with Gasteiger partial charge in [-0.3, -0.25) is 4.99 Å². The van der Waals surface area contributed by atoms with Crippen LogP contribution in [0.5, 0.6) is 0 Å². The maximum Gasteiger partial charge on any atom is 0.449 e. The summed E-state index contributed by atoms with van der Waals surface area (Å²) in [5.41, 5.74) is 0. The molecular formula is C15H24F3N3. The van der Waals surface area contributed by atoms with Crippen molar-refractivity contribution >= 4 is 5.84 Å². The van der Waals surface area contributed by atoms with Crippen LogP contribution in [0.25, 0.3) is 0 Å². The lowest BCUT2D eigenvalue weighted by Gasteiger charge is -2.27. The predicted molar refractivity (Wildman–Crippen MR) is 80.5 cm³/mol. The molecule has 21 heavy (non-hydrogen) atoms. The van der Waals surface area contributed by atoms with Gasteiger partial charge in [-0.05, 0) is 32.4 Å². The lowest BCUT2D eigenvalue weighted by molar-refractivity contribution is -0.0688. The number of alkyl halides is 3. The van der Waals surface area contributed by atoms with E-state index >= 15 is 0 Å². The highest BCUT2D eigenvalue weighted by atomic mass is 19.4. The Kier molecular flexibility index (Phi) is 7.50. The van der Waals surface area contributed by atoms with Crippen molar-refractivity contribution in [2.24, 2.45) is 10.9 Å². The van der Waals surface area contributed by atoms with Crippen molar-refractivity contribution in [2.75, 3.05) is 33.2 Å². The second-order valence-corrected chi connectivity index (χ2v) is 5.25. The van der Waals surface area contributed by atoms with Gasteiger partial charge < -0.3 is 10.2 Å². The zero-order valence-electron chi connectivity index (χ0n) is 12.7. The van der Waals surface area contributed by atoms with Crippen molar-refractivity contribution in [1.82, 2.24) is 10.2 Å². The van der Waals surface area contributed by atoms with Crippen LogP contribution in [-0.4, -0.2) is 50.1 Å². The minimum atomic E-state index is -4.40. The van der Waals surface area contributed by atoms with Gasteiger partial charge in [0, 0.05) is 13.1 Å². The fraction of sp³-hybridized carbons (Fsp3) is 0.667. The van der Waals surface area contributed by atoms with Gasteiger partial charge in [0.2, 0.25) is 5.84 Å². The number of hydrogen-bond donors (Lipinski definition) is 1. The van der Waals surface area contributed by atoms with Gasteiger partial charge in [-0.2, -0.15) is 13.2 Å².